The van der Waals surface area contributed by atoms with Crippen LogP contribution in [-0.4, -0.2) is 38.7 Å². The maximum absolute atomic E-state index is 12.2. The number of nitrogens with zero attached hydrogens (tertiary/aromatic N) is 1. The summed E-state index contributed by atoms with van der Waals surface area (Å²) in [7, 11) is -2.04. The van der Waals surface area contributed by atoms with E-state index in [1.54, 1.807) is 6.07 Å². The number of sulfonamides is 1. The van der Waals surface area contributed by atoms with Gasteiger partial charge in [-0.3, -0.25) is 4.79 Å². The largest absolute Gasteiger partial charge is 0.351 e. The summed E-state index contributed by atoms with van der Waals surface area (Å²) in [6.45, 7) is 3.88. The molecule has 1 heterocycles. The highest BCUT2D eigenvalue weighted by atomic mass is 35.5. The normalized spacial score (nSPS) is 11.7. The summed E-state index contributed by atoms with van der Waals surface area (Å²) in [6.07, 6.45) is 0. The zero-order valence-corrected chi connectivity index (χ0v) is 14.7. The Hall–Kier alpha value is -1.70. The third-order valence-corrected chi connectivity index (χ3v) is 5.07. The second kappa shape index (κ2) is 6.82. The Morgan fingerprint density at radius 1 is 1.26 bits per heavy atom. The first-order chi connectivity index (χ1) is 10.7. The van der Waals surface area contributed by atoms with Gasteiger partial charge in [-0.15, -0.1) is 0 Å². The molecule has 0 fully saturated rings. The van der Waals surface area contributed by atoms with Gasteiger partial charge in [0.05, 0.1) is 16.8 Å². The van der Waals surface area contributed by atoms with E-state index < -0.39 is 15.9 Å². The predicted octanol–water partition coefficient (Wildman–Crippen LogP) is 1.78. The number of nitrogens with one attached hydrogen (secondary N) is 2. The first kappa shape index (κ1) is 17.7. The first-order valence-corrected chi connectivity index (χ1v) is 9.03. The molecule has 2 N–H and O–H groups in total. The molecule has 1 amide bonds. The van der Waals surface area contributed by atoms with Crippen molar-refractivity contribution in [1.82, 2.24) is 15.0 Å². The number of rotatable bonds is 5. The quantitative estimate of drug-likeness (QED) is 0.800. The van der Waals surface area contributed by atoms with Crippen LogP contribution in [0.15, 0.2) is 18.2 Å². The van der Waals surface area contributed by atoms with Gasteiger partial charge in [0.25, 0.3) is 5.91 Å². The number of fused-ring (bicyclic) bond motifs is 1. The molecule has 6 nitrogen and oxygen atoms in total. The highest BCUT2D eigenvalue weighted by Crippen LogP contribution is 2.24. The molecule has 23 heavy (non-hydrogen) atoms. The van der Waals surface area contributed by atoms with E-state index in [0.717, 1.165) is 22.0 Å². The zero-order chi connectivity index (χ0) is 17.2. The standard InChI is InChI=1S/C15H18ClN3O3S/c1-9-6-10(2)13-11(7-9)8-12(14(16)19-13)15(20)18-4-5-23(21,22)17-3/h6-8,17H,4-5H2,1-3H3,(H,18,20). The Labute approximate surface area is 140 Å². The number of amides is 1. The number of benzene rings is 1. The van der Waals surface area contributed by atoms with Gasteiger partial charge in [-0.2, -0.15) is 0 Å². The molecule has 2 rings (SSSR count). The molecule has 0 radical (unpaired) electrons. The van der Waals surface area contributed by atoms with Crippen molar-refractivity contribution < 1.29 is 13.2 Å². The highest BCUT2D eigenvalue weighted by Gasteiger charge is 2.15. The lowest BCUT2D eigenvalue weighted by Crippen LogP contribution is -2.33. The molecular weight excluding hydrogens is 338 g/mol. The summed E-state index contributed by atoms with van der Waals surface area (Å²) in [5, 5.41) is 3.46. The van der Waals surface area contributed by atoms with Crippen molar-refractivity contribution in [3.05, 3.63) is 40.0 Å². The van der Waals surface area contributed by atoms with Gasteiger partial charge in [-0.1, -0.05) is 23.2 Å². The number of hydrogen-bond acceptors (Lipinski definition) is 4. The van der Waals surface area contributed by atoms with Crippen LogP contribution in [-0.2, 0) is 10.0 Å². The lowest BCUT2D eigenvalue weighted by Gasteiger charge is -2.10. The number of pyridine rings is 1. The number of aryl methyl sites for hydroxylation is 2. The van der Waals surface area contributed by atoms with Crippen LogP contribution in [0.25, 0.3) is 10.9 Å². The molecule has 0 saturated heterocycles. The molecule has 1 aromatic carbocycles. The minimum Gasteiger partial charge on any atom is -0.351 e. The molecule has 2 aromatic rings. The average Bonchev–Trinajstić information content (AvgIpc) is 2.47. The zero-order valence-electron chi connectivity index (χ0n) is 13.1. The number of hydrogen-bond donors (Lipinski definition) is 2. The summed E-state index contributed by atoms with van der Waals surface area (Å²) in [5.41, 5.74) is 3.01. The minimum absolute atomic E-state index is 0.0107. The van der Waals surface area contributed by atoms with Crippen LogP contribution < -0.4 is 10.0 Å². The van der Waals surface area contributed by atoms with E-state index in [0.29, 0.717) is 0 Å². The molecule has 0 spiro atoms. The van der Waals surface area contributed by atoms with Crippen LogP contribution in [0.4, 0.5) is 0 Å². The fraction of sp³-hybridized carbons (Fsp3) is 0.333. The van der Waals surface area contributed by atoms with Gasteiger partial charge >= 0.3 is 0 Å². The van der Waals surface area contributed by atoms with E-state index in [-0.39, 0.29) is 23.0 Å². The van der Waals surface area contributed by atoms with E-state index >= 15 is 0 Å². The van der Waals surface area contributed by atoms with Gasteiger partial charge in [-0.05, 0) is 38.6 Å². The summed E-state index contributed by atoms with van der Waals surface area (Å²) < 4.78 is 24.9. The van der Waals surface area contributed by atoms with Crippen LogP contribution in [0.3, 0.4) is 0 Å². The van der Waals surface area contributed by atoms with E-state index in [4.69, 9.17) is 11.6 Å². The summed E-state index contributed by atoms with van der Waals surface area (Å²) >= 11 is 6.10. The summed E-state index contributed by atoms with van der Waals surface area (Å²) in [4.78, 5) is 16.5. The Morgan fingerprint density at radius 2 is 1.96 bits per heavy atom. The number of carbonyl (C=O) groups excluding carboxylic acids is 1. The minimum atomic E-state index is -3.37. The lowest BCUT2D eigenvalue weighted by atomic mass is 10.1. The maximum atomic E-state index is 12.2. The second-order valence-corrected chi connectivity index (χ2v) is 7.66. The Kier molecular flexibility index (Phi) is 5.23. The van der Waals surface area contributed by atoms with E-state index in [1.807, 2.05) is 26.0 Å². The van der Waals surface area contributed by atoms with Crippen LogP contribution >= 0.6 is 11.6 Å². The molecule has 1 aromatic heterocycles. The van der Waals surface area contributed by atoms with E-state index in [1.165, 1.54) is 7.05 Å². The number of carbonyl (C=O) groups is 1. The molecule has 0 aliphatic heterocycles. The highest BCUT2D eigenvalue weighted by molar-refractivity contribution is 7.89. The van der Waals surface area contributed by atoms with Crippen molar-refractivity contribution in [2.45, 2.75) is 13.8 Å². The van der Waals surface area contributed by atoms with Crippen molar-refractivity contribution in [2.75, 3.05) is 19.3 Å². The molecule has 0 atom stereocenters. The molecule has 124 valence electrons. The van der Waals surface area contributed by atoms with Gasteiger partial charge in [0.15, 0.2) is 0 Å². The number of aromatic nitrogens is 1. The molecule has 0 aliphatic rings. The van der Waals surface area contributed by atoms with Crippen molar-refractivity contribution in [2.24, 2.45) is 0 Å². The smallest absolute Gasteiger partial charge is 0.254 e. The van der Waals surface area contributed by atoms with Gasteiger partial charge in [0, 0.05) is 11.9 Å². The van der Waals surface area contributed by atoms with Crippen molar-refractivity contribution >= 4 is 38.4 Å². The SMILES string of the molecule is CNS(=O)(=O)CCNC(=O)c1cc2cc(C)cc(C)c2nc1Cl. The molecule has 8 heteroatoms. The van der Waals surface area contributed by atoms with Crippen LogP contribution in [0, 0.1) is 13.8 Å². The van der Waals surface area contributed by atoms with E-state index in [2.05, 4.69) is 15.0 Å². The molecule has 0 bridgehead atoms. The topological polar surface area (TPSA) is 88.2 Å². The third kappa shape index (κ3) is 4.19. The second-order valence-electron chi connectivity index (χ2n) is 5.26. The van der Waals surface area contributed by atoms with Gasteiger partial charge in [0.1, 0.15) is 5.15 Å². The van der Waals surface area contributed by atoms with Crippen molar-refractivity contribution in [3.8, 4) is 0 Å². The fourth-order valence-electron chi connectivity index (χ4n) is 2.28. The molecule has 0 unspecified atom stereocenters. The Balaban J connectivity index is 2.25. The van der Waals surface area contributed by atoms with Crippen molar-refractivity contribution in [3.63, 3.8) is 0 Å². The molecular formula is C15H18ClN3O3S. The van der Waals surface area contributed by atoms with Gasteiger partial charge in [0.2, 0.25) is 10.0 Å². The predicted molar refractivity (Wildman–Crippen MR) is 91.4 cm³/mol. The molecule has 0 aliphatic carbocycles. The number of halogens is 1. The van der Waals surface area contributed by atoms with Crippen molar-refractivity contribution in [1.29, 1.82) is 0 Å². The summed E-state index contributed by atoms with van der Waals surface area (Å²) in [5.74, 6) is -0.651. The van der Waals surface area contributed by atoms with Crippen LogP contribution in [0.1, 0.15) is 21.5 Å². The fourth-order valence-corrected chi connectivity index (χ4v) is 3.08. The Morgan fingerprint density at radius 3 is 2.61 bits per heavy atom. The first-order valence-electron chi connectivity index (χ1n) is 7.00. The van der Waals surface area contributed by atoms with E-state index in [9.17, 15) is 13.2 Å². The van der Waals surface area contributed by atoms with Crippen LogP contribution in [0.2, 0.25) is 5.15 Å². The Bertz CT molecular complexity index is 866. The third-order valence-electron chi connectivity index (χ3n) is 3.42. The molecule has 0 saturated carbocycles. The average molecular weight is 356 g/mol. The van der Waals surface area contributed by atoms with Gasteiger partial charge in [-0.25, -0.2) is 18.1 Å². The van der Waals surface area contributed by atoms with Crippen LogP contribution in [0.5, 0.6) is 0 Å². The maximum Gasteiger partial charge on any atom is 0.254 e. The lowest BCUT2D eigenvalue weighted by molar-refractivity contribution is 0.0956. The van der Waals surface area contributed by atoms with Gasteiger partial charge < -0.3 is 5.32 Å². The summed E-state index contributed by atoms with van der Waals surface area (Å²) in [6, 6.07) is 5.59. The monoisotopic (exact) mass is 355 g/mol.